The molecule has 3 aromatic rings. The van der Waals surface area contributed by atoms with Crippen molar-refractivity contribution in [1.29, 1.82) is 0 Å². The van der Waals surface area contributed by atoms with Gasteiger partial charge in [-0.15, -0.1) is 10.2 Å². The number of nitrogens with zero attached hydrogens (tertiary/aromatic N) is 2. The molecule has 1 amide bonds. The van der Waals surface area contributed by atoms with Crippen molar-refractivity contribution < 1.29 is 4.79 Å². The summed E-state index contributed by atoms with van der Waals surface area (Å²) in [5.41, 5.74) is 4.42. The zero-order chi connectivity index (χ0) is 19.5. The predicted octanol–water partition coefficient (Wildman–Crippen LogP) is 5.01. The smallest absolute Gasteiger partial charge is 0.238 e. The van der Waals surface area contributed by atoms with Crippen LogP contribution in [0.25, 0.3) is 0 Å². The minimum absolute atomic E-state index is 0.0398. The van der Waals surface area contributed by atoms with E-state index in [2.05, 4.69) is 40.7 Å². The molecule has 1 unspecified atom stereocenters. The van der Waals surface area contributed by atoms with Gasteiger partial charge in [0, 0.05) is 11.7 Å². The largest absolute Gasteiger partial charge is 0.352 e. The summed E-state index contributed by atoms with van der Waals surface area (Å²) in [4.78, 5) is 12.8. The van der Waals surface area contributed by atoms with E-state index in [0.717, 1.165) is 33.6 Å². The molecule has 4 rings (SSSR count). The number of benzene rings is 2. The molecule has 2 N–H and O–H groups in total. The first-order valence-electron chi connectivity index (χ1n) is 9.29. The van der Waals surface area contributed by atoms with E-state index >= 15 is 0 Å². The molecule has 0 spiro atoms. The van der Waals surface area contributed by atoms with Gasteiger partial charge in [0.25, 0.3) is 0 Å². The Balaban J connectivity index is 1.51. The second-order valence-electron chi connectivity index (χ2n) is 6.94. The maximum Gasteiger partial charge on any atom is 0.238 e. The highest BCUT2D eigenvalue weighted by molar-refractivity contribution is 8.01. The molecule has 0 bridgehead atoms. The van der Waals surface area contributed by atoms with E-state index in [4.69, 9.17) is 0 Å². The van der Waals surface area contributed by atoms with Crippen molar-refractivity contribution in [2.75, 3.05) is 5.32 Å². The number of aromatic nitrogens is 2. The highest BCUT2D eigenvalue weighted by Crippen LogP contribution is 2.39. The third-order valence-electron chi connectivity index (χ3n) is 4.74. The average Bonchev–Trinajstić information content (AvgIpc) is 3.40. The number of anilines is 2. The second kappa shape index (κ2) is 8.32. The van der Waals surface area contributed by atoms with Gasteiger partial charge in [0.2, 0.25) is 11.0 Å². The minimum atomic E-state index is -0.330. The molecule has 144 valence electrons. The summed E-state index contributed by atoms with van der Waals surface area (Å²) in [5, 5.41) is 15.4. The van der Waals surface area contributed by atoms with Crippen molar-refractivity contribution in [1.82, 2.24) is 15.5 Å². The number of amides is 1. The van der Waals surface area contributed by atoms with E-state index in [9.17, 15) is 4.79 Å². The molecule has 1 aliphatic rings. The normalized spacial score (nSPS) is 14.5. The molecular formula is C21H22N4OS2. The number of carbonyl (C=O) groups is 1. The van der Waals surface area contributed by atoms with Gasteiger partial charge in [-0.25, -0.2) is 0 Å². The van der Waals surface area contributed by atoms with Crippen molar-refractivity contribution >= 4 is 39.8 Å². The standard InChI is InChI=1S/C21H22N4OS2/c1-13-7-6-10-17(14(13)2)23-20-24-25-21(28-20)27-18(15-8-4-3-5-9-15)19(26)22-16-11-12-16/h3-10,16,18H,11-12H2,1-2H3,(H,22,26)(H,23,24). The van der Waals surface area contributed by atoms with Gasteiger partial charge in [-0.05, 0) is 49.4 Å². The van der Waals surface area contributed by atoms with Crippen LogP contribution < -0.4 is 10.6 Å². The molecule has 0 aliphatic heterocycles. The Bertz CT molecular complexity index is 970. The lowest BCUT2D eigenvalue weighted by Gasteiger charge is -2.15. The Kier molecular flexibility index (Phi) is 5.64. The third-order valence-corrected chi connectivity index (χ3v) is 6.91. The van der Waals surface area contributed by atoms with Gasteiger partial charge in [0.15, 0.2) is 4.34 Å². The Morgan fingerprint density at radius 1 is 1.11 bits per heavy atom. The third kappa shape index (κ3) is 4.54. The highest BCUT2D eigenvalue weighted by atomic mass is 32.2. The van der Waals surface area contributed by atoms with Crippen molar-refractivity contribution in [2.24, 2.45) is 0 Å². The molecule has 5 nitrogen and oxygen atoms in total. The number of hydrogen-bond donors (Lipinski definition) is 2. The number of aryl methyl sites for hydroxylation is 1. The van der Waals surface area contributed by atoms with Crippen LogP contribution in [0, 0.1) is 13.8 Å². The summed E-state index contributed by atoms with van der Waals surface area (Å²) >= 11 is 2.92. The number of carbonyl (C=O) groups excluding carboxylic acids is 1. The van der Waals surface area contributed by atoms with Crippen LogP contribution in [-0.4, -0.2) is 22.1 Å². The van der Waals surface area contributed by atoms with E-state index in [0.29, 0.717) is 6.04 Å². The SMILES string of the molecule is Cc1cccc(Nc2nnc(SC(C(=O)NC3CC3)c3ccccc3)s2)c1C. The van der Waals surface area contributed by atoms with Crippen LogP contribution in [0.4, 0.5) is 10.8 Å². The van der Waals surface area contributed by atoms with Crippen LogP contribution in [0.15, 0.2) is 52.9 Å². The van der Waals surface area contributed by atoms with Crippen LogP contribution in [0.5, 0.6) is 0 Å². The van der Waals surface area contributed by atoms with E-state index in [1.165, 1.54) is 34.2 Å². The summed E-state index contributed by atoms with van der Waals surface area (Å²) in [6, 6.07) is 16.3. The number of hydrogen-bond acceptors (Lipinski definition) is 6. The maximum atomic E-state index is 12.8. The van der Waals surface area contributed by atoms with Gasteiger partial charge in [-0.3, -0.25) is 4.79 Å². The topological polar surface area (TPSA) is 66.9 Å². The maximum absolute atomic E-state index is 12.8. The molecule has 1 fully saturated rings. The van der Waals surface area contributed by atoms with Gasteiger partial charge in [0.1, 0.15) is 5.25 Å². The zero-order valence-electron chi connectivity index (χ0n) is 15.8. The Hall–Kier alpha value is -2.38. The van der Waals surface area contributed by atoms with Crippen molar-refractivity contribution in [2.45, 2.75) is 42.3 Å². The highest BCUT2D eigenvalue weighted by Gasteiger charge is 2.29. The van der Waals surface area contributed by atoms with E-state index < -0.39 is 0 Å². The van der Waals surface area contributed by atoms with Crippen molar-refractivity contribution in [3.63, 3.8) is 0 Å². The Morgan fingerprint density at radius 3 is 2.64 bits per heavy atom. The van der Waals surface area contributed by atoms with Crippen molar-refractivity contribution in [3.05, 3.63) is 65.2 Å². The van der Waals surface area contributed by atoms with Crippen LogP contribution in [-0.2, 0) is 4.79 Å². The molecule has 0 saturated heterocycles. The van der Waals surface area contributed by atoms with Gasteiger partial charge >= 0.3 is 0 Å². The summed E-state index contributed by atoms with van der Waals surface area (Å²) in [7, 11) is 0. The number of thioether (sulfide) groups is 1. The van der Waals surface area contributed by atoms with Crippen LogP contribution in [0.3, 0.4) is 0 Å². The first-order chi connectivity index (χ1) is 13.6. The lowest BCUT2D eigenvalue weighted by molar-refractivity contribution is -0.120. The monoisotopic (exact) mass is 410 g/mol. The van der Waals surface area contributed by atoms with E-state index in [1.807, 2.05) is 42.5 Å². The summed E-state index contributed by atoms with van der Waals surface area (Å²) in [6.07, 6.45) is 2.14. The van der Waals surface area contributed by atoms with E-state index in [1.54, 1.807) is 0 Å². The van der Waals surface area contributed by atoms with Gasteiger partial charge < -0.3 is 10.6 Å². The molecule has 1 heterocycles. The number of rotatable bonds is 7. The first-order valence-corrected chi connectivity index (χ1v) is 11.0. The van der Waals surface area contributed by atoms with Gasteiger partial charge in [-0.1, -0.05) is 65.6 Å². The van der Waals surface area contributed by atoms with Gasteiger partial charge in [0.05, 0.1) is 0 Å². The van der Waals surface area contributed by atoms with Crippen LogP contribution in [0.1, 0.15) is 34.8 Å². The average molecular weight is 411 g/mol. The fourth-order valence-corrected chi connectivity index (χ4v) is 4.78. The fourth-order valence-electron chi connectivity index (χ4n) is 2.82. The summed E-state index contributed by atoms with van der Waals surface area (Å²) in [6.45, 7) is 4.17. The zero-order valence-corrected chi connectivity index (χ0v) is 17.4. The molecule has 2 aromatic carbocycles. The first kappa shape index (κ1) is 19.0. The Labute approximate surface area is 173 Å². The summed E-state index contributed by atoms with van der Waals surface area (Å²) < 4.78 is 0.771. The second-order valence-corrected chi connectivity index (χ2v) is 9.27. The summed E-state index contributed by atoms with van der Waals surface area (Å²) in [5.74, 6) is 0.0398. The van der Waals surface area contributed by atoms with Gasteiger partial charge in [-0.2, -0.15) is 0 Å². The molecule has 1 saturated carbocycles. The quantitative estimate of drug-likeness (QED) is 0.536. The molecule has 1 aromatic heterocycles. The predicted molar refractivity (Wildman–Crippen MR) is 115 cm³/mol. The van der Waals surface area contributed by atoms with E-state index in [-0.39, 0.29) is 11.2 Å². The Morgan fingerprint density at radius 2 is 1.89 bits per heavy atom. The molecule has 28 heavy (non-hydrogen) atoms. The van der Waals surface area contributed by atoms with Crippen molar-refractivity contribution in [3.8, 4) is 0 Å². The molecular weight excluding hydrogens is 388 g/mol. The lowest BCUT2D eigenvalue weighted by Crippen LogP contribution is -2.29. The van der Waals surface area contributed by atoms with Crippen LogP contribution >= 0.6 is 23.1 Å². The molecule has 1 aliphatic carbocycles. The number of nitrogens with one attached hydrogen (secondary N) is 2. The molecule has 7 heteroatoms. The lowest BCUT2D eigenvalue weighted by atomic mass is 10.1. The van der Waals surface area contributed by atoms with Crippen LogP contribution in [0.2, 0.25) is 0 Å². The fraction of sp³-hybridized carbons (Fsp3) is 0.286. The molecule has 0 radical (unpaired) electrons. The minimum Gasteiger partial charge on any atom is -0.352 e. The molecule has 1 atom stereocenters.